The van der Waals surface area contributed by atoms with Gasteiger partial charge in [-0.25, -0.2) is 8.78 Å². The van der Waals surface area contributed by atoms with Gasteiger partial charge in [0.15, 0.2) is 0 Å². The van der Waals surface area contributed by atoms with E-state index in [1.54, 1.807) is 0 Å². The molecule has 0 amide bonds. The highest BCUT2D eigenvalue weighted by Gasteiger charge is 2.28. The predicted octanol–water partition coefficient (Wildman–Crippen LogP) is 2.40. The summed E-state index contributed by atoms with van der Waals surface area (Å²) in [5, 5.41) is 3.26. The Morgan fingerprint density at radius 3 is 2.69 bits per heavy atom. The molecule has 1 aliphatic heterocycles. The lowest BCUT2D eigenvalue weighted by molar-refractivity contribution is -0.0245. The van der Waals surface area contributed by atoms with Crippen LogP contribution in [0.15, 0.2) is 18.2 Å². The molecule has 1 fully saturated rings. The fourth-order valence-electron chi connectivity index (χ4n) is 1.75. The van der Waals surface area contributed by atoms with Gasteiger partial charge in [-0.05, 0) is 19.9 Å². The summed E-state index contributed by atoms with van der Waals surface area (Å²) in [6, 6.07) is 3.58. The third-order valence-corrected chi connectivity index (χ3v) is 2.72. The molecule has 2 nitrogen and oxygen atoms in total. The fraction of sp³-hybridized carbons (Fsp3) is 0.500. The Labute approximate surface area is 93.6 Å². The summed E-state index contributed by atoms with van der Waals surface area (Å²) in [5.41, 5.74) is 0.317. The van der Waals surface area contributed by atoms with E-state index in [0.29, 0.717) is 18.7 Å². The molecule has 1 N–H and O–H groups in total. The molecule has 0 aliphatic carbocycles. The number of hydrogen-bond acceptors (Lipinski definition) is 2. The van der Waals surface area contributed by atoms with Crippen LogP contribution in [0, 0.1) is 11.6 Å². The van der Waals surface area contributed by atoms with Gasteiger partial charge in [-0.3, -0.25) is 0 Å². The zero-order valence-electron chi connectivity index (χ0n) is 9.39. The fourth-order valence-corrected chi connectivity index (χ4v) is 1.75. The van der Waals surface area contributed by atoms with E-state index in [9.17, 15) is 8.78 Å². The molecule has 1 aliphatic rings. The molecule has 0 saturated carbocycles. The second kappa shape index (κ2) is 4.11. The molecule has 2 rings (SSSR count). The molecule has 1 unspecified atom stereocenters. The minimum absolute atomic E-state index is 0.0903. The van der Waals surface area contributed by atoms with E-state index in [-0.39, 0.29) is 11.6 Å². The van der Waals surface area contributed by atoms with Crippen molar-refractivity contribution in [2.75, 3.05) is 13.2 Å². The highest BCUT2D eigenvalue weighted by Crippen LogP contribution is 2.25. The molecule has 1 heterocycles. The molecule has 0 aromatic heterocycles. The van der Waals surface area contributed by atoms with Crippen LogP contribution in [0.5, 0.6) is 0 Å². The smallest absolute Gasteiger partial charge is 0.131 e. The zero-order valence-corrected chi connectivity index (χ0v) is 9.39. The topological polar surface area (TPSA) is 21.3 Å². The van der Waals surface area contributed by atoms with E-state index in [4.69, 9.17) is 4.74 Å². The van der Waals surface area contributed by atoms with Crippen molar-refractivity contribution in [1.82, 2.24) is 5.32 Å². The first-order valence-electron chi connectivity index (χ1n) is 5.29. The zero-order chi connectivity index (χ0) is 11.8. The van der Waals surface area contributed by atoms with Crippen molar-refractivity contribution in [1.29, 1.82) is 0 Å². The van der Waals surface area contributed by atoms with Gasteiger partial charge in [0.1, 0.15) is 11.6 Å². The highest BCUT2D eigenvalue weighted by molar-refractivity contribution is 5.22. The number of benzene rings is 1. The second-order valence-corrected chi connectivity index (χ2v) is 4.73. The van der Waals surface area contributed by atoms with Gasteiger partial charge in [-0.15, -0.1) is 0 Å². The lowest BCUT2D eigenvalue weighted by Gasteiger charge is -2.36. The third-order valence-electron chi connectivity index (χ3n) is 2.72. The monoisotopic (exact) mass is 227 g/mol. The van der Waals surface area contributed by atoms with Crippen LogP contribution < -0.4 is 5.32 Å². The molecular formula is C12H15F2NO. The standard InChI is InChI=1S/C12H15F2NO/c1-12(2)7-16-11(6-15-12)9-4-3-8(13)5-10(9)14/h3-5,11,15H,6-7H2,1-2H3. The molecule has 0 bridgehead atoms. The van der Waals surface area contributed by atoms with Crippen molar-refractivity contribution >= 4 is 0 Å². The van der Waals surface area contributed by atoms with E-state index < -0.39 is 11.6 Å². The molecule has 1 saturated heterocycles. The molecule has 16 heavy (non-hydrogen) atoms. The first-order chi connectivity index (χ1) is 7.48. The number of ether oxygens (including phenoxy) is 1. The molecule has 1 aromatic rings. The Morgan fingerprint density at radius 2 is 2.12 bits per heavy atom. The van der Waals surface area contributed by atoms with Crippen LogP contribution in [-0.4, -0.2) is 18.7 Å². The number of rotatable bonds is 1. The summed E-state index contributed by atoms with van der Waals surface area (Å²) >= 11 is 0. The van der Waals surface area contributed by atoms with Gasteiger partial charge >= 0.3 is 0 Å². The van der Waals surface area contributed by atoms with Crippen molar-refractivity contribution in [2.45, 2.75) is 25.5 Å². The predicted molar refractivity (Wildman–Crippen MR) is 57.1 cm³/mol. The van der Waals surface area contributed by atoms with Crippen molar-refractivity contribution in [2.24, 2.45) is 0 Å². The van der Waals surface area contributed by atoms with Gasteiger partial charge < -0.3 is 10.1 Å². The molecule has 0 radical (unpaired) electrons. The van der Waals surface area contributed by atoms with E-state index in [1.807, 2.05) is 13.8 Å². The van der Waals surface area contributed by atoms with Gasteiger partial charge in [0, 0.05) is 23.7 Å². The minimum atomic E-state index is -0.564. The Hall–Kier alpha value is -1.00. The van der Waals surface area contributed by atoms with E-state index in [0.717, 1.165) is 6.07 Å². The van der Waals surface area contributed by atoms with Gasteiger partial charge in [0.05, 0.1) is 12.7 Å². The second-order valence-electron chi connectivity index (χ2n) is 4.73. The minimum Gasteiger partial charge on any atom is -0.370 e. The SMILES string of the molecule is CC1(C)COC(c2ccc(F)cc2F)CN1. The molecular weight excluding hydrogens is 212 g/mol. The Kier molecular flexibility index (Phi) is 2.95. The number of hydrogen-bond donors (Lipinski definition) is 1. The summed E-state index contributed by atoms with van der Waals surface area (Å²) in [4.78, 5) is 0. The van der Waals surface area contributed by atoms with E-state index in [2.05, 4.69) is 5.32 Å². The van der Waals surface area contributed by atoms with Gasteiger partial charge in [-0.2, -0.15) is 0 Å². The largest absolute Gasteiger partial charge is 0.370 e. The van der Waals surface area contributed by atoms with E-state index >= 15 is 0 Å². The van der Waals surface area contributed by atoms with Crippen LogP contribution >= 0.6 is 0 Å². The maximum atomic E-state index is 13.5. The Balaban J connectivity index is 2.14. The van der Waals surface area contributed by atoms with Crippen LogP contribution in [-0.2, 0) is 4.74 Å². The van der Waals surface area contributed by atoms with Crippen molar-refractivity contribution in [3.63, 3.8) is 0 Å². The van der Waals surface area contributed by atoms with Crippen LogP contribution in [0.3, 0.4) is 0 Å². The van der Waals surface area contributed by atoms with Gasteiger partial charge in [0.25, 0.3) is 0 Å². The van der Waals surface area contributed by atoms with Crippen molar-refractivity contribution < 1.29 is 13.5 Å². The summed E-state index contributed by atoms with van der Waals surface area (Å²) in [6.07, 6.45) is -0.339. The maximum Gasteiger partial charge on any atom is 0.131 e. The highest BCUT2D eigenvalue weighted by atomic mass is 19.1. The van der Waals surface area contributed by atoms with Gasteiger partial charge in [0.2, 0.25) is 0 Å². The molecule has 88 valence electrons. The number of morpholine rings is 1. The van der Waals surface area contributed by atoms with Crippen LogP contribution in [0.2, 0.25) is 0 Å². The van der Waals surface area contributed by atoms with E-state index in [1.165, 1.54) is 12.1 Å². The average Bonchev–Trinajstić information content (AvgIpc) is 2.19. The summed E-state index contributed by atoms with van der Waals surface area (Å²) in [5.74, 6) is -1.11. The van der Waals surface area contributed by atoms with Crippen molar-refractivity contribution in [3.8, 4) is 0 Å². The first-order valence-corrected chi connectivity index (χ1v) is 5.29. The molecule has 4 heteroatoms. The Morgan fingerprint density at radius 1 is 1.38 bits per heavy atom. The quantitative estimate of drug-likeness (QED) is 0.795. The lowest BCUT2D eigenvalue weighted by atomic mass is 10.0. The summed E-state index contributed by atoms with van der Waals surface area (Å²) < 4.78 is 31.8. The Bertz CT molecular complexity index is 383. The summed E-state index contributed by atoms with van der Waals surface area (Å²) in [7, 11) is 0. The normalized spacial score (nSPS) is 24.4. The lowest BCUT2D eigenvalue weighted by Crippen LogP contribution is -2.50. The summed E-state index contributed by atoms with van der Waals surface area (Å²) in [6.45, 7) is 5.08. The molecule has 1 atom stereocenters. The number of nitrogens with one attached hydrogen (secondary N) is 1. The van der Waals surface area contributed by atoms with Gasteiger partial charge in [-0.1, -0.05) is 6.07 Å². The molecule has 1 aromatic carbocycles. The van der Waals surface area contributed by atoms with Crippen molar-refractivity contribution in [3.05, 3.63) is 35.4 Å². The first kappa shape index (κ1) is 11.5. The third kappa shape index (κ3) is 2.39. The van der Waals surface area contributed by atoms with Crippen LogP contribution in [0.1, 0.15) is 25.5 Å². The van der Waals surface area contributed by atoms with Crippen LogP contribution in [0.25, 0.3) is 0 Å². The molecule has 0 spiro atoms. The maximum absolute atomic E-state index is 13.5. The van der Waals surface area contributed by atoms with Crippen LogP contribution in [0.4, 0.5) is 8.78 Å². The average molecular weight is 227 g/mol. The number of halogens is 2.